The van der Waals surface area contributed by atoms with Gasteiger partial charge in [0.1, 0.15) is 0 Å². The maximum Gasteiger partial charge on any atom is 4.00 e. The van der Waals surface area contributed by atoms with Crippen LogP contribution in [0.5, 0.6) is 0 Å². The van der Waals surface area contributed by atoms with Crippen LogP contribution in [0.3, 0.4) is 0 Å². The summed E-state index contributed by atoms with van der Waals surface area (Å²) in [6, 6.07) is 8.30. The van der Waals surface area contributed by atoms with Crippen molar-refractivity contribution in [3.8, 4) is 0 Å². The van der Waals surface area contributed by atoms with Crippen molar-refractivity contribution < 1.29 is 81.2 Å². The largest absolute Gasteiger partial charge is 4.00 e. The van der Waals surface area contributed by atoms with Gasteiger partial charge < -0.3 is 54.7 Å². The molecule has 0 saturated heterocycles. The standard InChI is InChI=1S/C7H6O2.Al.7ClH.Ti/c8-7(9)6-4-2-1-3-5-6;;;;;;;;;/h1-5H,(H,8,9);;7*1H;/q;+3;;;;;;;;+4/p-7. The van der Waals surface area contributed by atoms with Gasteiger partial charge in [-0.1, -0.05) is 18.2 Å². The zero-order valence-electron chi connectivity index (χ0n) is 8.47. The molecule has 1 N–H and O–H groups in total. The van der Waals surface area contributed by atoms with Gasteiger partial charge in [-0.25, -0.2) is 34.9 Å². The minimum Gasteiger partial charge on any atom is -1.00 e. The summed E-state index contributed by atoms with van der Waals surface area (Å²) in [6.45, 7) is 0. The molecule has 0 radical (unpaired) electrons. The van der Waals surface area contributed by atoms with E-state index in [1.807, 2.05) is 0 Å². The van der Waals surface area contributed by atoms with Crippen molar-refractivity contribution in [1.29, 1.82) is 0 Å². The molecule has 1 aromatic rings. The SMILES string of the molecule is O=C(O)c1ccccc1.[Cl-].[Cl-].[Cl-].[Cl-].[Cl][Al]([Cl])[Cl].[Ti+4]. The Labute approximate surface area is 163 Å². The molecule has 0 fully saturated rings. The molecule has 0 aliphatic carbocycles. The van der Waals surface area contributed by atoms with Gasteiger partial charge in [-0.15, -0.1) is 0 Å². The van der Waals surface area contributed by atoms with Gasteiger partial charge in [0.2, 0.25) is 0 Å². The van der Waals surface area contributed by atoms with Gasteiger partial charge in [-0.2, -0.15) is 0 Å². The molecular weight excluding hydrogens is 439 g/mol. The predicted molar refractivity (Wildman–Crippen MR) is 56.7 cm³/mol. The molecule has 0 unspecified atom stereocenters. The van der Waals surface area contributed by atoms with Gasteiger partial charge in [-0.05, 0) is 12.1 Å². The molecule has 11 heteroatoms. The maximum atomic E-state index is 10.2. The van der Waals surface area contributed by atoms with Gasteiger partial charge in [0.05, 0.1) is 5.56 Å². The number of carbonyl (C=O) groups is 1. The average molecular weight is 445 g/mol. The molecule has 0 amide bonds. The van der Waals surface area contributed by atoms with E-state index in [4.69, 9.17) is 35.3 Å². The number of halogens is 7. The zero-order chi connectivity index (χ0) is 10.3. The molecule has 0 aromatic heterocycles. The van der Waals surface area contributed by atoms with E-state index in [1.54, 1.807) is 30.3 Å². The van der Waals surface area contributed by atoms with Crippen molar-refractivity contribution in [2.75, 3.05) is 0 Å². The van der Waals surface area contributed by atoms with Crippen molar-refractivity contribution >= 4 is 47.5 Å². The van der Waals surface area contributed by atoms with E-state index in [2.05, 4.69) is 0 Å². The van der Waals surface area contributed by atoms with Crippen molar-refractivity contribution in [2.45, 2.75) is 0 Å². The third kappa shape index (κ3) is 26.5. The van der Waals surface area contributed by atoms with E-state index in [1.165, 1.54) is 0 Å². The Morgan fingerprint density at radius 1 is 0.944 bits per heavy atom. The van der Waals surface area contributed by atoms with Crippen molar-refractivity contribution in [3.05, 3.63) is 35.9 Å². The Balaban J connectivity index is -0.0000000364. The van der Waals surface area contributed by atoms with E-state index in [0.717, 1.165) is 0 Å². The minimum absolute atomic E-state index is 0. The van der Waals surface area contributed by atoms with E-state index in [0.29, 0.717) is 5.56 Å². The van der Waals surface area contributed by atoms with E-state index in [-0.39, 0.29) is 71.3 Å². The fourth-order valence-electron chi connectivity index (χ4n) is 0.581. The first-order valence-electron chi connectivity index (χ1n) is 3.24. The molecular formula is C7H6AlCl7O2Ti. The molecule has 102 valence electrons. The van der Waals surface area contributed by atoms with Gasteiger partial charge >= 0.3 is 39.1 Å². The van der Waals surface area contributed by atoms with Crippen LogP contribution >= 0.6 is 30.1 Å². The van der Waals surface area contributed by atoms with Crippen LogP contribution in [0.25, 0.3) is 0 Å². The second-order valence-electron chi connectivity index (χ2n) is 1.92. The summed E-state index contributed by atoms with van der Waals surface area (Å²) < 4.78 is 0. The van der Waals surface area contributed by atoms with Crippen LogP contribution in [0.2, 0.25) is 0 Å². The molecule has 1 rings (SSSR count). The molecule has 2 nitrogen and oxygen atoms in total. The molecule has 18 heavy (non-hydrogen) atoms. The Morgan fingerprint density at radius 2 is 1.22 bits per heavy atom. The van der Waals surface area contributed by atoms with Gasteiger partial charge in [0.25, 0.3) is 0 Å². The smallest absolute Gasteiger partial charge is 1.00 e. The molecule has 0 atom stereocenters. The third-order valence-corrected chi connectivity index (χ3v) is 1.02. The molecule has 0 bridgehead atoms. The van der Waals surface area contributed by atoms with Crippen molar-refractivity contribution in [1.82, 2.24) is 0 Å². The second-order valence-corrected chi connectivity index (χ2v) is 8.35. The summed E-state index contributed by atoms with van der Waals surface area (Å²) in [5.74, 6) is -0.879. The predicted octanol–water partition coefficient (Wildman–Crippen LogP) is -8.91. The van der Waals surface area contributed by atoms with Crippen LogP contribution in [0.15, 0.2) is 30.3 Å². The average Bonchev–Trinajstić information content (AvgIpc) is 2.05. The fourth-order valence-corrected chi connectivity index (χ4v) is 0.581. The number of hydrogen-bond acceptors (Lipinski definition) is 1. The van der Waals surface area contributed by atoms with Crippen molar-refractivity contribution in [2.24, 2.45) is 0 Å². The van der Waals surface area contributed by atoms with Crippen LogP contribution in [0.4, 0.5) is 0 Å². The third-order valence-electron chi connectivity index (χ3n) is 1.02. The number of aromatic carboxylic acids is 1. The molecule has 0 aliphatic rings. The number of carboxylic acids is 1. The number of carboxylic acid groups (broad SMARTS) is 1. The second kappa shape index (κ2) is 24.0. The van der Waals surface area contributed by atoms with E-state index >= 15 is 0 Å². The summed E-state index contributed by atoms with van der Waals surface area (Å²) in [5.41, 5.74) is 0.331. The molecule has 1 aromatic carbocycles. The number of hydrogen-bond donors (Lipinski definition) is 1. The van der Waals surface area contributed by atoms with Gasteiger partial charge in [0, 0.05) is 0 Å². The molecule has 0 spiro atoms. The topological polar surface area (TPSA) is 37.3 Å². The van der Waals surface area contributed by atoms with Crippen LogP contribution in [-0.4, -0.2) is 22.5 Å². The zero-order valence-corrected chi connectivity index (χ0v) is 16.5. The van der Waals surface area contributed by atoms with E-state index in [9.17, 15) is 4.79 Å². The number of benzene rings is 1. The van der Waals surface area contributed by atoms with Gasteiger partial charge in [-0.3, -0.25) is 0 Å². The molecule has 0 aliphatic heterocycles. The first-order valence-corrected chi connectivity index (χ1v) is 8.48. The quantitative estimate of drug-likeness (QED) is 0.437. The van der Waals surface area contributed by atoms with Crippen LogP contribution in [-0.2, 0) is 21.7 Å². The summed E-state index contributed by atoms with van der Waals surface area (Å²) in [4.78, 5) is 10.2. The Hall–Kier alpha value is 1.97. The summed E-state index contributed by atoms with van der Waals surface area (Å²) in [6.07, 6.45) is 0. The van der Waals surface area contributed by atoms with Crippen LogP contribution in [0, 0.1) is 0 Å². The molecule has 0 heterocycles. The fraction of sp³-hybridized carbons (Fsp3) is 0. The summed E-state index contributed by atoms with van der Waals surface area (Å²) in [5, 5.41) is 8.38. The van der Waals surface area contributed by atoms with Crippen LogP contribution < -0.4 is 49.6 Å². The Kier molecular flexibility index (Phi) is 49.1. The maximum absolute atomic E-state index is 10.2. The normalized spacial score (nSPS) is 5.94. The molecule has 0 saturated carbocycles. The minimum atomic E-state index is -1.72. The van der Waals surface area contributed by atoms with E-state index < -0.39 is 17.4 Å². The van der Waals surface area contributed by atoms with Crippen LogP contribution in [0.1, 0.15) is 10.4 Å². The monoisotopic (exact) mass is 442 g/mol. The number of rotatable bonds is 1. The summed E-state index contributed by atoms with van der Waals surface area (Å²) in [7, 11) is 14.8. The summed E-state index contributed by atoms with van der Waals surface area (Å²) >= 11 is -1.72. The van der Waals surface area contributed by atoms with Gasteiger partial charge in [0.15, 0.2) is 0 Å². The van der Waals surface area contributed by atoms with Crippen molar-refractivity contribution in [3.63, 3.8) is 0 Å². The Bertz CT molecular complexity index is 262. The Morgan fingerprint density at radius 3 is 1.39 bits per heavy atom. The first kappa shape index (κ1) is 36.8. The first-order chi connectivity index (χ1) is 6.04.